The molecule has 0 spiro atoms. The summed E-state index contributed by atoms with van der Waals surface area (Å²) in [6.45, 7) is 3.98. The van der Waals surface area contributed by atoms with Gasteiger partial charge in [-0.25, -0.2) is 4.39 Å². The number of hydrogen-bond donors (Lipinski definition) is 1. The molecule has 0 amide bonds. The van der Waals surface area contributed by atoms with E-state index in [-0.39, 0.29) is 11.9 Å². The van der Waals surface area contributed by atoms with Crippen molar-refractivity contribution in [2.75, 3.05) is 0 Å². The average molecular weight is 271 g/mol. The Morgan fingerprint density at radius 2 is 2.05 bits per heavy atom. The summed E-state index contributed by atoms with van der Waals surface area (Å²) in [7, 11) is 0. The van der Waals surface area contributed by atoms with Gasteiger partial charge in [0.15, 0.2) is 0 Å². The maximum absolute atomic E-state index is 13.9. The van der Waals surface area contributed by atoms with E-state index in [4.69, 9.17) is 10.5 Å². The van der Waals surface area contributed by atoms with Crippen molar-refractivity contribution in [3.8, 4) is 5.75 Å². The lowest BCUT2D eigenvalue weighted by atomic mass is 9.95. The first kappa shape index (κ1) is 13.1. The maximum atomic E-state index is 13.9. The zero-order valence-corrected chi connectivity index (χ0v) is 11.7. The van der Waals surface area contributed by atoms with Crippen LogP contribution in [-0.4, -0.2) is 6.10 Å². The van der Waals surface area contributed by atoms with Gasteiger partial charge in [0, 0.05) is 12.0 Å². The van der Waals surface area contributed by atoms with E-state index >= 15 is 0 Å². The van der Waals surface area contributed by atoms with Crippen molar-refractivity contribution < 1.29 is 9.13 Å². The van der Waals surface area contributed by atoms with Crippen LogP contribution in [0.15, 0.2) is 36.4 Å². The monoisotopic (exact) mass is 271 g/mol. The second kappa shape index (κ2) is 4.91. The third kappa shape index (κ3) is 2.29. The number of aryl methyl sites for hydroxylation is 1. The van der Waals surface area contributed by atoms with Crippen LogP contribution in [0.25, 0.3) is 0 Å². The van der Waals surface area contributed by atoms with Crippen LogP contribution in [0.2, 0.25) is 0 Å². The van der Waals surface area contributed by atoms with Crippen LogP contribution in [-0.2, 0) is 6.42 Å². The van der Waals surface area contributed by atoms with E-state index in [1.165, 1.54) is 6.07 Å². The first-order chi connectivity index (χ1) is 9.54. The zero-order valence-electron chi connectivity index (χ0n) is 11.7. The summed E-state index contributed by atoms with van der Waals surface area (Å²) in [4.78, 5) is 0. The summed E-state index contributed by atoms with van der Waals surface area (Å²) in [6, 6.07) is 10.5. The van der Waals surface area contributed by atoms with Gasteiger partial charge in [-0.05, 0) is 37.1 Å². The molecule has 3 heteroatoms. The van der Waals surface area contributed by atoms with E-state index in [9.17, 15) is 4.39 Å². The predicted molar refractivity (Wildman–Crippen MR) is 77.4 cm³/mol. The second-order valence-corrected chi connectivity index (χ2v) is 5.50. The molecule has 20 heavy (non-hydrogen) atoms. The molecular weight excluding hydrogens is 253 g/mol. The smallest absolute Gasteiger partial charge is 0.128 e. The summed E-state index contributed by atoms with van der Waals surface area (Å²) in [5, 5.41) is 0. The Morgan fingerprint density at radius 1 is 1.25 bits per heavy atom. The standard InChI is InChI=1S/C17H18FNO/c1-10-3-5-15(18)14(7-10)17(19)12-4-6-16-13(9-12)8-11(2)20-16/h3-7,9,11,17H,8,19H2,1-2H3. The fourth-order valence-electron chi connectivity index (χ4n) is 2.72. The number of fused-ring (bicyclic) bond motifs is 1. The van der Waals surface area contributed by atoms with Crippen LogP contribution in [0.1, 0.15) is 35.2 Å². The molecule has 3 rings (SSSR count). The fourth-order valence-corrected chi connectivity index (χ4v) is 2.72. The highest BCUT2D eigenvalue weighted by Crippen LogP contribution is 2.32. The Balaban J connectivity index is 1.97. The summed E-state index contributed by atoms with van der Waals surface area (Å²) in [5.41, 5.74) is 9.86. The first-order valence-electron chi connectivity index (χ1n) is 6.85. The van der Waals surface area contributed by atoms with Gasteiger partial charge < -0.3 is 10.5 Å². The molecule has 2 aromatic rings. The van der Waals surface area contributed by atoms with Crippen molar-refractivity contribution >= 4 is 0 Å². The molecule has 0 aromatic heterocycles. The van der Waals surface area contributed by atoms with E-state index in [0.717, 1.165) is 28.9 Å². The number of hydrogen-bond acceptors (Lipinski definition) is 2. The number of halogens is 1. The molecule has 0 saturated carbocycles. The third-order valence-electron chi connectivity index (χ3n) is 3.77. The van der Waals surface area contributed by atoms with Crippen molar-refractivity contribution in [1.82, 2.24) is 0 Å². The lowest BCUT2D eigenvalue weighted by molar-refractivity contribution is 0.254. The molecule has 0 saturated heterocycles. The molecule has 0 radical (unpaired) electrons. The van der Waals surface area contributed by atoms with Gasteiger partial charge in [0.2, 0.25) is 0 Å². The molecule has 2 atom stereocenters. The van der Waals surface area contributed by atoms with Crippen LogP contribution in [0.4, 0.5) is 4.39 Å². The lowest BCUT2D eigenvalue weighted by Crippen LogP contribution is -2.14. The largest absolute Gasteiger partial charge is 0.490 e. The first-order valence-corrected chi connectivity index (χ1v) is 6.85. The molecule has 1 aliphatic heterocycles. The Morgan fingerprint density at radius 3 is 2.85 bits per heavy atom. The minimum atomic E-state index is -0.448. The molecular formula is C17H18FNO. The second-order valence-electron chi connectivity index (χ2n) is 5.50. The van der Waals surface area contributed by atoms with Gasteiger partial charge in [0.25, 0.3) is 0 Å². The minimum Gasteiger partial charge on any atom is -0.490 e. The lowest BCUT2D eigenvalue weighted by Gasteiger charge is -2.15. The van der Waals surface area contributed by atoms with Crippen molar-refractivity contribution in [2.45, 2.75) is 32.4 Å². The molecule has 1 heterocycles. The number of nitrogens with two attached hydrogens (primary N) is 1. The number of benzene rings is 2. The summed E-state index contributed by atoms with van der Waals surface area (Å²) in [6.07, 6.45) is 1.08. The molecule has 2 aromatic carbocycles. The molecule has 0 aliphatic carbocycles. The Bertz CT molecular complexity index is 653. The van der Waals surface area contributed by atoms with Crippen molar-refractivity contribution in [3.05, 3.63) is 64.5 Å². The van der Waals surface area contributed by atoms with Gasteiger partial charge in [-0.2, -0.15) is 0 Å². The van der Waals surface area contributed by atoms with E-state index in [0.29, 0.717) is 5.56 Å². The highest BCUT2D eigenvalue weighted by atomic mass is 19.1. The van der Waals surface area contributed by atoms with Gasteiger partial charge in [0.1, 0.15) is 17.7 Å². The van der Waals surface area contributed by atoms with Crippen LogP contribution in [0.3, 0.4) is 0 Å². The van der Waals surface area contributed by atoms with Crippen LogP contribution in [0.5, 0.6) is 5.75 Å². The van der Waals surface area contributed by atoms with Crippen LogP contribution in [0, 0.1) is 12.7 Å². The fraction of sp³-hybridized carbons (Fsp3) is 0.294. The zero-order chi connectivity index (χ0) is 14.3. The number of ether oxygens (including phenoxy) is 1. The van der Waals surface area contributed by atoms with E-state index in [1.807, 2.05) is 38.1 Å². The molecule has 2 unspecified atom stereocenters. The van der Waals surface area contributed by atoms with Crippen LogP contribution < -0.4 is 10.5 Å². The van der Waals surface area contributed by atoms with Crippen molar-refractivity contribution in [1.29, 1.82) is 0 Å². The normalized spacial score (nSPS) is 18.5. The molecule has 0 bridgehead atoms. The minimum absolute atomic E-state index is 0.201. The van der Waals surface area contributed by atoms with E-state index in [2.05, 4.69) is 0 Å². The van der Waals surface area contributed by atoms with Gasteiger partial charge in [-0.3, -0.25) is 0 Å². The van der Waals surface area contributed by atoms with Gasteiger partial charge in [-0.15, -0.1) is 0 Å². The van der Waals surface area contributed by atoms with Gasteiger partial charge >= 0.3 is 0 Å². The quantitative estimate of drug-likeness (QED) is 0.907. The Labute approximate surface area is 118 Å². The highest BCUT2D eigenvalue weighted by Gasteiger charge is 2.21. The van der Waals surface area contributed by atoms with E-state index < -0.39 is 6.04 Å². The topological polar surface area (TPSA) is 35.2 Å². The third-order valence-corrected chi connectivity index (χ3v) is 3.77. The summed E-state index contributed by atoms with van der Waals surface area (Å²) >= 11 is 0. The molecule has 104 valence electrons. The maximum Gasteiger partial charge on any atom is 0.128 e. The molecule has 1 aliphatic rings. The Kier molecular flexibility index (Phi) is 3.22. The molecule has 2 N–H and O–H groups in total. The number of rotatable bonds is 2. The summed E-state index contributed by atoms with van der Waals surface area (Å²) in [5.74, 6) is 0.659. The Hall–Kier alpha value is -1.87. The van der Waals surface area contributed by atoms with Crippen molar-refractivity contribution in [2.24, 2.45) is 5.73 Å². The van der Waals surface area contributed by atoms with Gasteiger partial charge in [0.05, 0.1) is 6.04 Å². The van der Waals surface area contributed by atoms with E-state index in [1.54, 1.807) is 6.07 Å². The molecule has 0 fully saturated rings. The average Bonchev–Trinajstić information content (AvgIpc) is 2.79. The van der Waals surface area contributed by atoms with Crippen molar-refractivity contribution in [3.63, 3.8) is 0 Å². The van der Waals surface area contributed by atoms with Gasteiger partial charge in [-0.1, -0.05) is 29.8 Å². The molecule has 2 nitrogen and oxygen atoms in total. The summed E-state index contributed by atoms with van der Waals surface area (Å²) < 4.78 is 19.6. The van der Waals surface area contributed by atoms with Crippen LogP contribution >= 0.6 is 0 Å². The SMILES string of the molecule is Cc1ccc(F)c(C(N)c2ccc3c(c2)CC(C)O3)c1. The predicted octanol–water partition coefficient (Wildman–Crippen LogP) is 3.51. The highest BCUT2D eigenvalue weighted by molar-refractivity contribution is 5.44.